The molecule has 0 saturated heterocycles. The maximum absolute atomic E-state index is 12.2. The van der Waals surface area contributed by atoms with Crippen LogP contribution >= 0.6 is 7.82 Å². The minimum absolute atomic E-state index is 0.0850. The number of hydrogen-bond donors (Lipinski definition) is 1. The van der Waals surface area contributed by atoms with E-state index in [1.165, 1.54) is 57.8 Å². The van der Waals surface area contributed by atoms with Crippen molar-refractivity contribution in [1.29, 1.82) is 0 Å². The van der Waals surface area contributed by atoms with Crippen molar-refractivity contribution >= 4 is 13.8 Å². The highest BCUT2D eigenvalue weighted by Gasteiger charge is 2.26. The van der Waals surface area contributed by atoms with Crippen LogP contribution in [0.15, 0.2) is 24.3 Å². The normalized spacial score (nSPS) is 14.7. The highest BCUT2D eigenvalue weighted by Crippen LogP contribution is 2.43. The van der Waals surface area contributed by atoms with E-state index in [9.17, 15) is 14.3 Å². The summed E-state index contributed by atoms with van der Waals surface area (Å²) in [5.74, 6) is -0.373. The summed E-state index contributed by atoms with van der Waals surface area (Å²) in [6.07, 6.45) is 24.9. The predicted molar refractivity (Wildman–Crippen MR) is 164 cm³/mol. The van der Waals surface area contributed by atoms with Gasteiger partial charge in [0.25, 0.3) is 0 Å². The van der Waals surface area contributed by atoms with Crippen LogP contribution < -0.4 is 0 Å². The van der Waals surface area contributed by atoms with Crippen LogP contribution in [0.3, 0.4) is 0 Å². The second-order valence-electron chi connectivity index (χ2n) is 11.5. The van der Waals surface area contributed by atoms with Crippen molar-refractivity contribution in [2.24, 2.45) is 0 Å². The summed E-state index contributed by atoms with van der Waals surface area (Å²) < 4.78 is 34.0. The van der Waals surface area contributed by atoms with Crippen molar-refractivity contribution in [2.75, 3.05) is 54.1 Å². The zero-order valence-corrected chi connectivity index (χ0v) is 27.2. The molecular formula is C31H61NO7P+. The molecule has 0 aromatic carbocycles. The minimum Gasteiger partial charge on any atom is -0.457 e. The highest BCUT2D eigenvalue weighted by molar-refractivity contribution is 7.47. The molecule has 0 aliphatic heterocycles. The monoisotopic (exact) mass is 590 g/mol. The molecular weight excluding hydrogens is 529 g/mol. The van der Waals surface area contributed by atoms with Gasteiger partial charge < -0.3 is 18.9 Å². The first-order chi connectivity index (χ1) is 19.1. The Morgan fingerprint density at radius 3 is 1.98 bits per heavy atom. The van der Waals surface area contributed by atoms with Gasteiger partial charge in [0.05, 0.1) is 34.4 Å². The smallest absolute Gasteiger partial charge is 0.457 e. The first-order valence-corrected chi connectivity index (χ1v) is 17.1. The molecule has 236 valence electrons. The quantitative estimate of drug-likeness (QED) is 0.0327. The molecule has 0 aliphatic rings. The highest BCUT2D eigenvalue weighted by atomic mass is 31.2. The molecule has 0 saturated carbocycles. The Hall–Kier alpha value is -1.02. The summed E-state index contributed by atoms with van der Waals surface area (Å²) >= 11 is 0. The number of phosphoric ester groups is 1. The lowest BCUT2D eigenvalue weighted by Crippen LogP contribution is -2.37. The predicted octanol–water partition coefficient (Wildman–Crippen LogP) is 7.76. The Morgan fingerprint density at radius 2 is 1.38 bits per heavy atom. The minimum atomic E-state index is -4.23. The summed E-state index contributed by atoms with van der Waals surface area (Å²) in [7, 11) is 1.65. The second-order valence-corrected chi connectivity index (χ2v) is 12.9. The molecule has 0 amide bonds. The third kappa shape index (κ3) is 28.5. The number of ether oxygens (including phenoxy) is 2. The van der Waals surface area contributed by atoms with Gasteiger partial charge >= 0.3 is 13.8 Å². The number of carbonyl (C=O) groups excluding carboxylic acids is 1. The lowest BCUT2D eigenvalue weighted by Gasteiger charge is -2.24. The fourth-order valence-electron chi connectivity index (χ4n) is 3.79. The molecule has 0 aliphatic carbocycles. The van der Waals surface area contributed by atoms with Crippen LogP contribution in [0.5, 0.6) is 0 Å². The third-order valence-electron chi connectivity index (χ3n) is 6.24. The van der Waals surface area contributed by atoms with E-state index in [4.69, 9.17) is 18.5 Å². The fraction of sp³-hybridized carbons (Fsp3) is 0.839. The van der Waals surface area contributed by atoms with Crippen LogP contribution in [0.25, 0.3) is 0 Å². The van der Waals surface area contributed by atoms with Gasteiger partial charge in [0.2, 0.25) is 0 Å². The molecule has 0 heterocycles. The van der Waals surface area contributed by atoms with E-state index >= 15 is 0 Å². The fourth-order valence-corrected chi connectivity index (χ4v) is 4.54. The molecule has 0 aromatic heterocycles. The number of phosphoric acid groups is 1. The summed E-state index contributed by atoms with van der Waals surface area (Å²) in [6, 6.07) is 0. The molecule has 2 atom stereocenters. The molecule has 0 bridgehead atoms. The summed E-state index contributed by atoms with van der Waals surface area (Å²) in [5.41, 5.74) is 0. The lowest BCUT2D eigenvalue weighted by atomic mass is 10.1. The standard InChI is InChI=1S/C31H60NO7P/c1-6-8-9-10-11-12-13-14-15-16-17-18-19-20-21-22-23-26-36-28-30(39-31(33)24-7-2)29-38-40(34,35)37-27-25-32(3,4)5/h12-13,15-16,30H,6-11,14,17-29H2,1-5H3/p+1/b13-12-,16-15-. The number of allylic oxidation sites excluding steroid dienone is 4. The van der Waals surface area contributed by atoms with Gasteiger partial charge in [-0.05, 0) is 44.9 Å². The molecule has 1 N–H and O–H groups in total. The van der Waals surface area contributed by atoms with Gasteiger partial charge in [-0.3, -0.25) is 13.8 Å². The molecule has 0 radical (unpaired) electrons. The molecule has 8 nitrogen and oxygen atoms in total. The van der Waals surface area contributed by atoms with Crippen molar-refractivity contribution in [3.63, 3.8) is 0 Å². The van der Waals surface area contributed by atoms with Crippen LogP contribution in [0.2, 0.25) is 0 Å². The average molecular weight is 591 g/mol. The van der Waals surface area contributed by atoms with Crippen LogP contribution in [-0.4, -0.2) is 75.6 Å². The average Bonchev–Trinajstić information content (AvgIpc) is 2.87. The van der Waals surface area contributed by atoms with Crippen LogP contribution in [0, 0.1) is 0 Å². The number of rotatable bonds is 28. The Morgan fingerprint density at radius 1 is 0.775 bits per heavy atom. The summed E-state index contributed by atoms with van der Waals surface area (Å²) in [5, 5.41) is 0. The van der Waals surface area contributed by atoms with E-state index in [2.05, 4.69) is 31.2 Å². The van der Waals surface area contributed by atoms with E-state index < -0.39 is 13.9 Å². The maximum atomic E-state index is 12.2. The summed E-state index contributed by atoms with van der Waals surface area (Å²) in [4.78, 5) is 21.9. The van der Waals surface area contributed by atoms with Crippen molar-refractivity contribution in [3.05, 3.63) is 24.3 Å². The van der Waals surface area contributed by atoms with Gasteiger partial charge in [0.1, 0.15) is 19.3 Å². The molecule has 0 rings (SSSR count). The van der Waals surface area contributed by atoms with Gasteiger partial charge in [-0.1, -0.05) is 83.1 Å². The second kappa shape index (κ2) is 25.7. The summed E-state index contributed by atoms with van der Waals surface area (Å²) in [6.45, 7) is 5.19. The zero-order chi connectivity index (χ0) is 30.0. The number of likely N-dealkylation sites (N-methyl/N-ethyl adjacent to an activating group) is 1. The Bertz CT molecular complexity index is 706. The molecule has 40 heavy (non-hydrogen) atoms. The number of unbranched alkanes of at least 4 members (excludes halogenated alkanes) is 10. The Labute approximate surface area is 245 Å². The van der Waals surface area contributed by atoms with Crippen LogP contribution in [-0.2, 0) is 27.9 Å². The molecule has 0 aromatic rings. The van der Waals surface area contributed by atoms with E-state index in [1.54, 1.807) is 0 Å². The van der Waals surface area contributed by atoms with E-state index in [1.807, 2.05) is 28.1 Å². The number of hydrogen-bond acceptors (Lipinski definition) is 6. The Balaban J connectivity index is 3.97. The third-order valence-corrected chi connectivity index (χ3v) is 7.22. The molecule has 0 spiro atoms. The van der Waals surface area contributed by atoms with E-state index in [0.29, 0.717) is 24.1 Å². The topological polar surface area (TPSA) is 91.3 Å². The number of esters is 1. The zero-order valence-electron chi connectivity index (χ0n) is 26.3. The van der Waals surface area contributed by atoms with Crippen molar-refractivity contribution in [1.82, 2.24) is 0 Å². The van der Waals surface area contributed by atoms with E-state index in [-0.39, 0.29) is 32.2 Å². The van der Waals surface area contributed by atoms with Gasteiger partial charge in [-0.2, -0.15) is 0 Å². The maximum Gasteiger partial charge on any atom is 0.472 e. The lowest BCUT2D eigenvalue weighted by molar-refractivity contribution is -0.870. The van der Waals surface area contributed by atoms with Crippen molar-refractivity contribution < 1.29 is 37.3 Å². The van der Waals surface area contributed by atoms with Gasteiger partial charge in [-0.25, -0.2) is 4.57 Å². The first kappa shape index (κ1) is 39.0. The molecule has 0 fully saturated rings. The SMILES string of the molecule is CCCCCC/C=C\C/C=C\CCCCCCCCOCC(COP(=O)(O)OCC[N+](C)(C)C)OC(=O)CCC. The van der Waals surface area contributed by atoms with Gasteiger partial charge in [0, 0.05) is 13.0 Å². The molecule has 2 unspecified atom stereocenters. The Kier molecular flexibility index (Phi) is 25.0. The van der Waals surface area contributed by atoms with Crippen LogP contribution in [0.1, 0.15) is 110 Å². The van der Waals surface area contributed by atoms with Crippen molar-refractivity contribution in [3.8, 4) is 0 Å². The largest absolute Gasteiger partial charge is 0.472 e. The first-order valence-electron chi connectivity index (χ1n) is 15.6. The van der Waals surface area contributed by atoms with Crippen LogP contribution in [0.4, 0.5) is 0 Å². The number of carbonyl (C=O) groups is 1. The van der Waals surface area contributed by atoms with Gasteiger partial charge in [-0.15, -0.1) is 0 Å². The number of nitrogens with zero attached hydrogens (tertiary/aromatic N) is 1. The molecule has 9 heteroatoms. The van der Waals surface area contributed by atoms with Gasteiger partial charge in [0.15, 0.2) is 0 Å². The van der Waals surface area contributed by atoms with Crippen molar-refractivity contribution in [2.45, 2.75) is 116 Å². The number of quaternary nitrogens is 1. The van der Waals surface area contributed by atoms with E-state index in [0.717, 1.165) is 25.7 Å².